The van der Waals surface area contributed by atoms with Crippen molar-refractivity contribution < 1.29 is 52.7 Å². The maximum absolute atomic E-state index is 14.2. The van der Waals surface area contributed by atoms with Crippen molar-refractivity contribution >= 4 is 103 Å². The molecule has 2 heterocycles. The van der Waals surface area contributed by atoms with E-state index in [0.29, 0.717) is 12.0 Å². The van der Waals surface area contributed by atoms with Crippen molar-refractivity contribution in [3.63, 3.8) is 0 Å². The number of hydrogen-bond donors (Lipinski definition) is 14. The van der Waals surface area contributed by atoms with Crippen LogP contribution in [0.2, 0.25) is 0 Å². The van der Waals surface area contributed by atoms with Gasteiger partial charge in [-0.1, -0.05) is 60.1 Å². The molecule has 384 valence electrons. The van der Waals surface area contributed by atoms with E-state index in [-0.39, 0.29) is 56.1 Å². The second kappa shape index (κ2) is 29.0. The van der Waals surface area contributed by atoms with Gasteiger partial charge in [0.15, 0.2) is 5.96 Å². The van der Waals surface area contributed by atoms with Crippen LogP contribution >= 0.6 is 21.6 Å². The number of carbonyl (C=O) groups is 11. The van der Waals surface area contributed by atoms with Gasteiger partial charge in [0.05, 0.1) is 19.5 Å². The Kier molecular flexibility index (Phi) is 23.7. The summed E-state index contributed by atoms with van der Waals surface area (Å²) >= 11 is 0. The first-order valence-corrected chi connectivity index (χ1v) is 24.7. The maximum atomic E-state index is 14.2. The van der Waals surface area contributed by atoms with E-state index in [1.807, 2.05) is 24.3 Å². The molecular formula is C42H63N15O11S2. The molecule has 1 aliphatic heterocycles. The molecule has 0 spiro atoms. The Balaban J connectivity index is 1.95. The average Bonchev–Trinajstić information content (AvgIpc) is 3.71. The van der Waals surface area contributed by atoms with E-state index in [9.17, 15) is 52.7 Å². The molecule has 0 saturated carbocycles. The van der Waals surface area contributed by atoms with Crippen LogP contribution in [0.25, 0.3) is 10.9 Å². The van der Waals surface area contributed by atoms with Gasteiger partial charge >= 0.3 is 0 Å². The van der Waals surface area contributed by atoms with Crippen molar-refractivity contribution in [2.45, 2.75) is 101 Å². The molecule has 1 aromatic carbocycles. The predicted molar refractivity (Wildman–Crippen MR) is 260 cm³/mol. The molecule has 1 aliphatic rings. The molecule has 7 atom stereocenters. The molecule has 28 heteroatoms. The number of fused-ring (bicyclic) bond motifs is 1. The van der Waals surface area contributed by atoms with Crippen LogP contribution in [-0.4, -0.2) is 143 Å². The first-order chi connectivity index (χ1) is 33.2. The summed E-state index contributed by atoms with van der Waals surface area (Å²) in [6.45, 7) is 2.28. The molecular weight excluding hydrogens is 955 g/mol. The van der Waals surface area contributed by atoms with E-state index in [1.165, 1.54) is 0 Å². The molecule has 2 aromatic rings. The molecule has 0 aliphatic carbocycles. The lowest BCUT2D eigenvalue weighted by Crippen LogP contribution is -2.61. The van der Waals surface area contributed by atoms with Gasteiger partial charge in [0.1, 0.15) is 36.3 Å². The number of nitrogens with two attached hydrogens (primary N) is 5. The third-order valence-corrected chi connectivity index (χ3v) is 13.1. The Labute approximate surface area is 410 Å². The van der Waals surface area contributed by atoms with Crippen LogP contribution < -0.4 is 71.2 Å². The number of aromatic amines is 1. The highest BCUT2D eigenvalue weighted by Gasteiger charge is 2.35. The number of benzene rings is 1. The zero-order valence-electron chi connectivity index (χ0n) is 38.8. The fourth-order valence-corrected chi connectivity index (χ4v) is 8.98. The van der Waals surface area contributed by atoms with Crippen LogP contribution in [0, 0.1) is 5.92 Å². The number of aliphatic imine (C=N–C) groups is 1. The summed E-state index contributed by atoms with van der Waals surface area (Å²) in [5.41, 5.74) is 28.2. The molecule has 70 heavy (non-hydrogen) atoms. The minimum absolute atomic E-state index is 0.00204. The smallest absolute Gasteiger partial charge is 0.243 e. The molecule has 0 bridgehead atoms. The standard InChI is InChI=1S/C42H63N15O11S2/c1-3-21(2)35-41(68)54-26(10-11-30(43)58)38(65)55-28(16-31(44)59)39(66)56-29(37(64)51-19-34(62)52-25(9-6-13-48-42(46)47)36(63)50-18-32(45)60)20-70-69-14-12-33(61)53-27(40(67)57-35)15-22-17-49-24-8-5-4-7-23(22)24/h4-5,7-8,17,21,25-29,35,49H,3,6,9-16,18-20H2,1-2H3,(H2,43,58)(H2,44,59)(H2,45,60)(H,50,63)(H,51,64)(H,52,62)(H,53,61)(H,54,68)(H,55,65)(H,56,66)(H,57,67)(H4,46,47,48)/t21-,25-,26-,27+,28-,29+,35-/m0/s1. The Morgan fingerprint density at radius 3 is 2.14 bits per heavy atom. The topological polar surface area (TPSA) is 442 Å². The fraction of sp³-hybridized carbons (Fsp3) is 0.524. The van der Waals surface area contributed by atoms with Gasteiger partial charge in [0, 0.05) is 54.4 Å². The van der Waals surface area contributed by atoms with Crippen molar-refractivity contribution in [3.8, 4) is 0 Å². The number of para-hydroxylation sites is 1. The molecule has 19 N–H and O–H groups in total. The van der Waals surface area contributed by atoms with E-state index >= 15 is 0 Å². The van der Waals surface area contributed by atoms with E-state index in [1.54, 1.807) is 20.0 Å². The number of rotatable bonds is 20. The van der Waals surface area contributed by atoms with Crippen molar-refractivity contribution in [1.82, 2.24) is 47.5 Å². The molecule has 1 fully saturated rings. The highest BCUT2D eigenvalue weighted by molar-refractivity contribution is 8.76. The number of H-pyrrole nitrogens is 1. The summed E-state index contributed by atoms with van der Waals surface area (Å²) in [5, 5.41) is 20.8. The second-order valence-corrected chi connectivity index (χ2v) is 18.9. The summed E-state index contributed by atoms with van der Waals surface area (Å²) in [7, 11) is 2.16. The monoisotopic (exact) mass is 1020 g/mol. The molecule has 11 amide bonds. The third-order valence-electron chi connectivity index (χ3n) is 10.7. The van der Waals surface area contributed by atoms with Crippen LogP contribution in [-0.2, 0) is 59.2 Å². The maximum Gasteiger partial charge on any atom is 0.243 e. The van der Waals surface area contributed by atoms with Gasteiger partial charge in [-0.2, -0.15) is 0 Å². The molecule has 0 radical (unpaired) electrons. The molecule has 1 aromatic heterocycles. The van der Waals surface area contributed by atoms with Crippen LogP contribution in [0.5, 0.6) is 0 Å². The van der Waals surface area contributed by atoms with Crippen molar-refractivity contribution in [2.75, 3.05) is 31.1 Å². The molecule has 26 nitrogen and oxygen atoms in total. The van der Waals surface area contributed by atoms with E-state index in [0.717, 1.165) is 32.5 Å². The highest BCUT2D eigenvalue weighted by Crippen LogP contribution is 2.24. The fourth-order valence-electron chi connectivity index (χ4n) is 6.82. The molecule has 1 saturated heterocycles. The quantitative estimate of drug-likeness (QED) is 0.0257. The third kappa shape index (κ3) is 19.9. The normalized spacial score (nSPS) is 20.7. The number of hydrogen-bond acceptors (Lipinski definition) is 14. The van der Waals surface area contributed by atoms with E-state index in [2.05, 4.69) is 52.5 Å². The van der Waals surface area contributed by atoms with Gasteiger partial charge in [0.2, 0.25) is 65.0 Å². The number of nitrogens with one attached hydrogen (secondary N) is 9. The largest absolute Gasteiger partial charge is 0.370 e. The lowest BCUT2D eigenvalue weighted by molar-refractivity contribution is -0.136. The minimum Gasteiger partial charge on any atom is -0.370 e. The Morgan fingerprint density at radius 2 is 1.47 bits per heavy atom. The summed E-state index contributed by atoms with van der Waals surface area (Å²) in [4.78, 5) is 152. The van der Waals surface area contributed by atoms with Crippen LogP contribution in [0.4, 0.5) is 0 Å². The number of nitrogens with zero attached hydrogens (tertiary/aromatic N) is 1. The van der Waals surface area contributed by atoms with Gasteiger partial charge in [-0.25, -0.2) is 0 Å². The second-order valence-electron chi connectivity index (χ2n) is 16.2. The highest BCUT2D eigenvalue weighted by atomic mass is 33.1. The van der Waals surface area contributed by atoms with Crippen molar-refractivity contribution in [2.24, 2.45) is 39.6 Å². The lowest BCUT2D eigenvalue weighted by Gasteiger charge is -2.29. The lowest BCUT2D eigenvalue weighted by atomic mass is 9.96. The zero-order chi connectivity index (χ0) is 51.9. The summed E-state index contributed by atoms with van der Waals surface area (Å²) < 4.78 is 0. The Morgan fingerprint density at radius 1 is 0.786 bits per heavy atom. The number of primary amides is 3. The van der Waals surface area contributed by atoms with Gasteiger partial charge in [0.25, 0.3) is 0 Å². The van der Waals surface area contributed by atoms with Crippen molar-refractivity contribution in [1.29, 1.82) is 0 Å². The average molecular weight is 1020 g/mol. The number of amides is 11. The predicted octanol–water partition coefficient (Wildman–Crippen LogP) is -4.64. The van der Waals surface area contributed by atoms with Gasteiger partial charge in [-0.05, 0) is 36.8 Å². The summed E-state index contributed by atoms with van der Waals surface area (Å²) in [5.74, 6) is -10.4. The number of guanidine groups is 1. The minimum atomic E-state index is -1.75. The van der Waals surface area contributed by atoms with Crippen LogP contribution in [0.1, 0.15) is 64.4 Å². The van der Waals surface area contributed by atoms with Gasteiger partial charge < -0.3 is 76.2 Å². The first-order valence-electron chi connectivity index (χ1n) is 22.2. The first kappa shape index (κ1) is 57.2. The van der Waals surface area contributed by atoms with E-state index in [4.69, 9.17) is 28.7 Å². The van der Waals surface area contributed by atoms with Crippen molar-refractivity contribution in [3.05, 3.63) is 36.0 Å². The zero-order valence-corrected chi connectivity index (χ0v) is 40.4. The summed E-state index contributed by atoms with van der Waals surface area (Å²) in [6, 6.07) is -1.16. The Bertz CT molecular complexity index is 2260. The SMILES string of the molecule is CC[C@H](C)[C@@H]1NC(=O)[C@@H](Cc2c[nH]c3ccccc23)NC(=O)CCSSC[C@H](C(=O)NCC(=O)N[C@@H](CCCN=C(N)N)C(=O)NCC(N)=O)NC(=O)[C@H](CC(N)=O)NC(=O)[C@H](CCC(N)=O)NC1=O. The van der Waals surface area contributed by atoms with E-state index < -0.39 is 133 Å². The van der Waals surface area contributed by atoms with Gasteiger partial charge in [-0.3, -0.25) is 57.7 Å². The molecule has 0 unspecified atom stereocenters. The van der Waals surface area contributed by atoms with Gasteiger partial charge in [-0.15, -0.1) is 0 Å². The van der Waals surface area contributed by atoms with Crippen LogP contribution in [0.3, 0.4) is 0 Å². The number of carbonyl (C=O) groups excluding carboxylic acids is 11. The number of aromatic nitrogens is 1. The molecule has 3 rings (SSSR count). The summed E-state index contributed by atoms with van der Waals surface area (Å²) in [6.07, 6.45) is 0.571. The Hall–Kier alpha value is -7.10. The van der Waals surface area contributed by atoms with Crippen LogP contribution in [0.15, 0.2) is 35.5 Å².